The van der Waals surface area contributed by atoms with Crippen molar-refractivity contribution in [1.82, 2.24) is 19.6 Å². The number of likely N-dealkylation sites (tertiary alicyclic amines) is 2. The normalized spacial score (nSPS) is 27.9. The maximum Gasteiger partial charge on any atom is 0.0834 e. The first-order valence-electron chi connectivity index (χ1n) is 10.9. The van der Waals surface area contributed by atoms with Crippen molar-refractivity contribution < 1.29 is 5.11 Å². The van der Waals surface area contributed by atoms with Gasteiger partial charge in [-0.25, -0.2) is 0 Å². The van der Waals surface area contributed by atoms with Crippen LogP contribution in [0.4, 0.5) is 0 Å². The van der Waals surface area contributed by atoms with E-state index in [-0.39, 0.29) is 17.6 Å². The molecular weight excluding hydrogens is 348 g/mol. The lowest BCUT2D eigenvalue weighted by Gasteiger charge is -2.44. The summed E-state index contributed by atoms with van der Waals surface area (Å²) in [6, 6.07) is 9.06. The van der Waals surface area contributed by atoms with Gasteiger partial charge in [-0.3, -0.25) is 14.5 Å². The van der Waals surface area contributed by atoms with Gasteiger partial charge in [0, 0.05) is 30.8 Å². The quantitative estimate of drug-likeness (QED) is 0.889. The van der Waals surface area contributed by atoms with Crippen molar-refractivity contribution in [2.45, 2.75) is 56.2 Å². The minimum absolute atomic E-state index is 0.0792. The summed E-state index contributed by atoms with van der Waals surface area (Å²) in [7, 11) is 1.97. The van der Waals surface area contributed by atoms with Gasteiger partial charge in [0.05, 0.1) is 18.3 Å². The second-order valence-corrected chi connectivity index (χ2v) is 9.03. The topological polar surface area (TPSA) is 44.5 Å². The molecule has 0 amide bonds. The number of nitrogens with zero attached hydrogens (tertiary/aromatic N) is 4. The molecule has 3 heterocycles. The van der Waals surface area contributed by atoms with Gasteiger partial charge in [-0.15, -0.1) is 0 Å². The lowest BCUT2D eigenvalue weighted by Crippen LogP contribution is -2.50. The summed E-state index contributed by atoms with van der Waals surface area (Å²) in [5, 5.41) is 15.9. The van der Waals surface area contributed by atoms with Crippen molar-refractivity contribution in [2.75, 3.05) is 26.2 Å². The number of piperidine rings is 2. The maximum atomic E-state index is 11.6. The zero-order chi connectivity index (χ0) is 19.1. The molecule has 28 heavy (non-hydrogen) atoms. The summed E-state index contributed by atoms with van der Waals surface area (Å²) >= 11 is 0. The fraction of sp³-hybridized carbons (Fsp3) is 0.609. The van der Waals surface area contributed by atoms with Crippen LogP contribution in [-0.2, 0) is 19.0 Å². The van der Waals surface area contributed by atoms with E-state index < -0.39 is 0 Å². The van der Waals surface area contributed by atoms with Crippen LogP contribution in [0.3, 0.4) is 0 Å². The molecular formula is C23H32N4O. The van der Waals surface area contributed by atoms with Crippen LogP contribution in [0.15, 0.2) is 36.7 Å². The fourth-order valence-corrected chi connectivity index (χ4v) is 5.92. The van der Waals surface area contributed by atoms with E-state index in [4.69, 9.17) is 0 Å². The second-order valence-electron chi connectivity index (χ2n) is 9.03. The molecule has 0 radical (unpaired) electrons. The SMILES string of the molecule is Cn1cc(CN2CCC3(CC2)c2ccccc2[C@@H](N2CCCCC2)[C@@H]3O)cn1. The first-order chi connectivity index (χ1) is 13.7. The highest BCUT2D eigenvalue weighted by Crippen LogP contribution is 2.53. The molecule has 0 saturated carbocycles. The Morgan fingerprint density at radius 2 is 1.82 bits per heavy atom. The standard InChI is InChI=1S/C23H32N4O/c1-25-16-18(15-24-25)17-26-13-9-23(10-14-26)20-8-4-3-7-19(20)21(22(23)28)27-11-5-2-6-12-27/h3-4,7-8,15-16,21-22,28H,2,5-6,9-14,17H2,1H3/t21-,22+/m1/s1. The summed E-state index contributed by atoms with van der Waals surface area (Å²) in [5.41, 5.74) is 4.00. The Bertz CT molecular complexity index is 818. The average molecular weight is 381 g/mol. The molecule has 5 rings (SSSR count). The van der Waals surface area contributed by atoms with Gasteiger partial charge in [-0.1, -0.05) is 30.7 Å². The van der Waals surface area contributed by atoms with Crippen molar-refractivity contribution in [3.8, 4) is 0 Å². The van der Waals surface area contributed by atoms with E-state index in [0.717, 1.165) is 45.6 Å². The Balaban J connectivity index is 1.37. The summed E-state index contributed by atoms with van der Waals surface area (Å²) in [6.07, 6.45) is 9.71. The molecule has 1 aliphatic carbocycles. The molecule has 2 fully saturated rings. The van der Waals surface area contributed by atoms with E-state index in [1.54, 1.807) is 0 Å². The smallest absolute Gasteiger partial charge is 0.0834 e. The predicted octanol–water partition coefficient (Wildman–Crippen LogP) is 2.86. The minimum Gasteiger partial charge on any atom is -0.390 e. The van der Waals surface area contributed by atoms with Crippen LogP contribution in [0.2, 0.25) is 0 Å². The Kier molecular flexibility index (Phi) is 4.77. The van der Waals surface area contributed by atoms with Crippen molar-refractivity contribution in [3.05, 3.63) is 53.3 Å². The monoisotopic (exact) mass is 380 g/mol. The number of benzene rings is 1. The molecule has 1 aromatic carbocycles. The van der Waals surface area contributed by atoms with Gasteiger partial charge in [-0.05, 0) is 63.0 Å². The number of fused-ring (bicyclic) bond motifs is 2. The van der Waals surface area contributed by atoms with E-state index in [9.17, 15) is 5.11 Å². The van der Waals surface area contributed by atoms with E-state index >= 15 is 0 Å². The first-order valence-corrected chi connectivity index (χ1v) is 10.9. The Morgan fingerprint density at radius 3 is 2.54 bits per heavy atom. The molecule has 2 aliphatic heterocycles. The number of hydrogen-bond acceptors (Lipinski definition) is 4. The number of aliphatic hydroxyl groups excluding tert-OH is 1. The second kappa shape index (κ2) is 7.29. The molecule has 2 saturated heterocycles. The van der Waals surface area contributed by atoms with Gasteiger partial charge in [0.15, 0.2) is 0 Å². The highest BCUT2D eigenvalue weighted by atomic mass is 16.3. The zero-order valence-electron chi connectivity index (χ0n) is 16.9. The van der Waals surface area contributed by atoms with Crippen LogP contribution in [0.25, 0.3) is 0 Å². The van der Waals surface area contributed by atoms with E-state index in [0.29, 0.717) is 0 Å². The maximum absolute atomic E-state index is 11.6. The third kappa shape index (κ3) is 3.00. The molecule has 0 bridgehead atoms. The minimum atomic E-state index is -0.288. The number of aliphatic hydroxyl groups is 1. The molecule has 0 unspecified atom stereocenters. The molecule has 5 heteroatoms. The average Bonchev–Trinajstić information content (AvgIpc) is 3.24. The summed E-state index contributed by atoms with van der Waals surface area (Å²) < 4.78 is 1.88. The van der Waals surface area contributed by atoms with Crippen molar-refractivity contribution in [1.29, 1.82) is 0 Å². The molecule has 1 aromatic heterocycles. The number of aryl methyl sites for hydroxylation is 1. The molecule has 5 nitrogen and oxygen atoms in total. The van der Waals surface area contributed by atoms with Crippen LogP contribution < -0.4 is 0 Å². The molecule has 150 valence electrons. The van der Waals surface area contributed by atoms with Crippen LogP contribution in [0.5, 0.6) is 0 Å². The first kappa shape index (κ1) is 18.3. The predicted molar refractivity (Wildman–Crippen MR) is 110 cm³/mol. The molecule has 1 N–H and O–H groups in total. The third-order valence-electron chi connectivity index (χ3n) is 7.38. The summed E-state index contributed by atoms with van der Waals surface area (Å²) in [4.78, 5) is 5.08. The van der Waals surface area contributed by atoms with Crippen molar-refractivity contribution in [2.24, 2.45) is 7.05 Å². The van der Waals surface area contributed by atoms with Crippen LogP contribution in [-0.4, -0.2) is 57.0 Å². The Labute approximate surface area is 168 Å². The van der Waals surface area contributed by atoms with Crippen molar-refractivity contribution in [3.63, 3.8) is 0 Å². The van der Waals surface area contributed by atoms with E-state index in [1.165, 1.54) is 36.0 Å². The zero-order valence-corrected chi connectivity index (χ0v) is 16.9. The molecule has 1 spiro atoms. The van der Waals surface area contributed by atoms with Crippen LogP contribution in [0.1, 0.15) is 54.8 Å². The van der Waals surface area contributed by atoms with Crippen LogP contribution in [0, 0.1) is 0 Å². The Morgan fingerprint density at radius 1 is 1.07 bits per heavy atom. The van der Waals surface area contributed by atoms with E-state index in [1.807, 2.05) is 17.9 Å². The lowest BCUT2D eigenvalue weighted by molar-refractivity contribution is -0.0211. The van der Waals surface area contributed by atoms with Gasteiger partial charge in [0.25, 0.3) is 0 Å². The highest BCUT2D eigenvalue weighted by molar-refractivity contribution is 5.45. The molecule has 3 aliphatic rings. The van der Waals surface area contributed by atoms with Gasteiger partial charge in [0.1, 0.15) is 0 Å². The Hall–Kier alpha value is -1.69. The van der Waals surface area contributed by atoms with Gasteiger partial charge < -0.3 is 5.11 Å². The fourth-order valence-electron chi connectivity index (χ4n) is 5.92. The largest absolute Gasteiger partial charge is 0.390 e. The number of rotatable bonds is 3. The van der Waals surface area contributed by atoms with Gasteiger partial charge in [0.2, 0.25) is 0 Å². The van der Waals surface area contributed by atoms with E-state index in [2.05, 4.69) is 45.4 Å². The van der Waals surface area contributed by atoms with Gasteiger partial charge in [-0.2, -0.15) is 5.10 Å². The number of aromatic nitrogens is 2. The lowest BCUT2D eigenvalue weighted by atomic mass is 9.72. The molecule has 2 atom stereocenters. The summed E-state index contributed by atoms with van der Waals surface area (Å²) in [5.74, 6) is 0. The third-order valence-corrected chi connectivity index (χ3v) is 7.38. The van der Waals surface area contributed by atoms with Crippen molar-refractivity contribution >= 4 is 0 Å². The highest BCUT2D eigenvalue weighted by Gasteiger charge is 2.53. The summed E-state index contributed by atoms with van der Waals surface area (Å²) in [6.45, 7) is 5.27. The molecule has 2 aromatic rings. The van der Waals surface area contributed by atoms with Gasteiger partial charge >= 0.3 is 0 Å². The number of hydrogen-bond donors (Lipinski definition) is 1. The van der Waals surface area contributed by atoms with Crippen LogP contribution >= 0.6 is 0 Å².